The summed E-state index contributed by atoms with van der Waals surface area (Å²) in [5.41, 5.74) is 0. The smallest absolute Gasteiger partial charge is 0.242 e. The van der Waals surface area contributed by atoms with Crippen LogP contribution in [0.25, 0.3) is 20.2 Å². The van der Waals surface area contributed by atoms with Gasteiger partial charge in [-0.05, 0) is 49.1 Å². The Balaban J connectivity index is 1.06. The van der Waals surface area contributed by atoms with Crippen LogP contribution in [0.3, 0.4) is 0 Å². The van der Waals surface area contributed by atoms with Gasteiger partial charge in [0.1, 0.15) is 10.7 Å². The lowest BCUT2D eigenvalue weighted by Gasteiger charge is -2.35. The minimum absolute atomic E-state index is 0.392. The van der Waals surface area contributed by atoms with Gasteiger partial charge in [-0.2, -0.15) is 4.37 Å². The third-order valence-electron chi connectivity index (χ3n) is 5.96. The molecule has 0 unspecified atom stereocenters. The number of unbranched alkanes of at least 4 members (excludes halogenated alkanes) is 1. The first kappa shape index (κ1) is 21.8. The standard InChI is InChI=1S/C23H26N4O2S3/c28-32(29,22-17-30-20-9-3-1-7-18(20)22)24-11-5-6-12-26-13-15-27(16-14-26)23-19-8-2-4-10-21(19)31-25-23/h1-4,7-10,17,24H,5-6,11-16H2. The van der Waals surface area contributed by atoms with Crippen molar-refractivity contribution in [3.63, 3.8) is 0 Å². The second-order valence-corrected chi connectivity index (χ2v) is 11.5. The minimum Gasteiger partial charge on any atom is -0.353 e. The number of nitrogens with one attached hydrogen (secondary N) is 1. The molecule has 9 heteroatoms. The summed E-state index contributed by atoms with van der Waals surface area (Å²) in [5, 5.41) is 3.78. The molecule has 2 aromatic carbocycles. The van der Waals surface area contributed by atoms with E-state index >= 15 is 0 Å². The molecule has 0 atom stereocenters. The van der Waals surface area contributed by atoms with Crippen LogP contribution in [0.15, 0.2) is 58.8 Å². The zero-order valence-electron chi connectivity index (χ0n) is 17.7. The van der Waals surface area contributed by atoms with Gasteiger partial charge in [0.25, 0.3) is 0 Å². The second-order valence-electron chi connectivity index (χ2n) is 8.03. The molecule has 1 aliphatic heterocycles. The quantitative estimate of drug-likeness (QED) is 0.374. The molecule has 0 amide bonds. The molecule has 6 nitrogen and oxygen atoms in total. The summed E-state index contributed by atoms with van der Waals surface area (Å²) in [6.07, 6.45) is 1.81. The number of fused-ring (bicyclic) bond motifs is 2. The van der Waals surface area contributed by atoms with Crippen molar-refractivity contribution in [3.8, 4) is 0 Å². The Kier molecular flexibility index (Phi) is 6.43. The van der Waals surface area contributed by atoms with Gasteiger partial charge in [-0.3, -0.25) is 4.90 Å². The molecule has 1 aliphatic rings. The maximum atomic E-state index is 12.7. The fourth-order valence-electron chi connectivity index (χ4n) is 4.19. The van der Waals surface area contributed by atoms with Gasteiger partial charge in [-0.25, -0.2) is 13.1 Å². The van der Waals surface area contributed by atoms with Crippen molar-refractivity contribution in [3.05, 3.63) is 53.9 Å². The average Bonchev–Trinajstić information content (AvgIpc) is 3.44. The van der Waals surface area contributed by atoms with Crippen molar-refractivity contribution in [2.24, 2.45) is 0 Å². The first-order valence-electron chi connectivity index (χ1n) is 10.9. The number of aromatic nitrogens is 1. The zero-order valence-corrected chi connectivity index (χ0v) is 20.2. The monoisotopic (exact) mass is 486 g/mol. The Morgan fingerprint density at radius 3 is 2.44 bits per heavy atom. The Hall–Kier alpha value is -2.04. The molecule has 0 aliphatic carbocycles. The van der Waals surface area contributed by atoms with Gasteiger partial charge in [-0.15, -0.1) is 11.3 Å². The number of hydrogen-bond acceptors (Lipinski definition) is 7. The van der Waals surface area contributed by atoms with E-state index in [-0.39, 0.29) is 0 Å². The summed E-state index contributed by atoms with van der Waals surface area (Å²) in [4.78, 5) is 5.24. The van der Waals surface area contributed by atoms with E-state index in [0.29, 0.717) is 11.4 Å². The van der Waals surface area contributed by atoms with Crippen LogP contribution in [0.2, 0.25) is 0 Å². The molecule has 4 aromatic rings. The van der Waals surface area contributed by atoms with E-state index in [1.165, 1.54) is 21.4 Å². The summed E-state index contributed by atoms with van der Waals surface area (Å²) >= 11 is 3.04. The van der Waals surface area contributed by atoms with Crippen LogP contribution in [0.5, 0.6) is 0 Å². The van der Waals surface area contributed by atoms with Gasteiger partial charge in [-0.1, -0.05) is 30.3 Å². The van der Waals surface area contributed by atoms with Crippen molar-refractivity contribution >= 4 is 58.9 Å². The summed E-state index contributed by atoms with van der Waals surface area (Å²) in [5.74, 6) is 1.11. The fourth-order valence-corrected chi connectivity index (χ4v) is 7.56. The molecular weight excluding hydrogens is 460 g/mol. The fraction of sp³-hybridized carbons (Fsp3) is 0.348. The molecule has 0 saturated carbocycles. The lowest BCUT2D eigenvalue weighted by atomic mass is 10.2. The number of benzene rings is 2. The summed E-state index contributed by atoms with van der Waals surface area (Å²) in [7, 11) is -3.47. The highest BCUT2D eigenvalue weighted by Crippen LogP contribution is 2.30. The highest BCUT2D eigenvalue weighted by Gasteiger charge is 2.21. The second kappa shape index (κ2) is 9.44. The first-order chi connectivity index (χ1) is 15.6. The van der Waals surface area contributed by atoms with Crippen LogP contribution in [-0.2, 0) is 10.0 Å². The van der Waals surface area contributed by atoms with Crippen LogP contribution in [0, 0.1) is 0 Å². The Labute approximate surface area is 196 Å². The SMILES string of the molecule is O=S(=O)(NCCCCN1CCN(c2nsc3ccccc23)CC1)c1csc2ccccc12. The van der Waals surface area contributed by atoms with E-state index in [4.69, 9.17) is 0 Å². The third-order valence-corrected chi connectivity index (χ3v) is 9.39. The first-order valence-corrected chi connectivity index (χ1v) is 14.0. The van der Waals surface area contributed by atoms with Crippen LogP contribution >= 0.6 is 22.9 Å². The topological polar surface area (TPSA) is 65.5 Å². The van der Waals surface area contributed by atoms with Crippen molar-refractivity contribution in [1.82, 2.24) is 14.0 Å². The third kappa shape index (κ3) is 4.53. The van der Waals surface area contributed by atoms with Crippen molar-refractivity contribution in [2.75, 3.05) is 44.2 Å². The molecule has 0 bridgehead atoms. The maximum absolute atomic E-state index is 12.7. The van der Waals surface area contributed by atoms with E-state index in [1.807, 2.05) is 24.3 Å². The zero-order chi connectivity index (χ0) is 22.0. The van der Waals surface area contributed by atoms with Gasteiger partial charge in [0.05, 0.1) is 4.70 Å². The van der Waals surface area contributed by atoms with Gasteiger partial charge in [0.15, 0.2) is 0 Å². The average molecular weight is 487 g/mol. The van der Waals surface area contributed by atoms with Gasteiger partial charge >= 0.3 is 0 Å². The predicted octanol–water partition coefficient (Wildman–Crippen LogP) is 4.39. The van der Waals surface area contributed by atoms with Crippen LogP contribution in [-0.4, -0.2) is 57.0 Å². The largest absolute Gasteiger partial charge is 0.353 e. The number of anilines is 1. The van der Waals surface area contributed by atoms with Crippen LogP contribution in [0.4, 0.5) is 5.82 Å². The predicted molar refractivity (Wildman–Crippen MR) is 135 cm³/mol. The number of piperazine rings is 1. The van der Waals surface area contributed by atoms with E-state index in [9.17, 15) is 8.42 Å². The molecule has 32 heavy (non-hydrogen) atoms. The van der Waals surface area contributed by atoms with E-state index < -0.39 is 10.0 Å². The Morgan fingerprint density at radius 2 is 1.62 bits per heavy atom. The minimum atomic E-state index is -3.47. The molecule has 0 spiro atoms. The van der Waals surface area contributed by atoms with E-state index in [1.54, 1.807) is 16.9 Å². The van der Waals surface area contributed by atoms with Gasteiger partial charge < -0.3 is 4.90 Å². The number of thiophene rings is 1. The van der Waals surface area contributed by atoms with Gasteiger partial charge in [0, 0.05) is 53.6 Å². The Morgan fingerprint density at radius 1 is 0.906 bits per heavy atom. The molecule has 2 aromatic heterocycles. The highest BCUT2D eigenvalue weighted by atomic mass is 32.2. The normalized spacial score (nSPS) is 15.7. The molecule has 168 valence electrons. The Bertz CT molecular complexity index is 1310. The number of sulfonamides is 1. The molecule has 5 rings (SSSR count). The number of hydrogen-bond donors (Lipinski definition) is 1. The lowest BCUT2D eigenvalue weighted by molar-refractivity contribution is 0.253. The number of nitrogens with zero attached hydrogens (tertiary/aromatic N) is 3. The van der Waals surface area contributed by atoms with Crippen molar-refractivity contribution < 1.29 is 8.42 Å². The molecular formula is C23H26N4O2S3. The van der Waals surface area contributed by atoms with Crippen LogP contribution in [0.1, 0.15) is 12.8 Å². The van der Waals surface area contributed by atoms with Crippen molar-refractivity contribution in [2.45, 2.75) is 17.7 Å². The van der Waals surface area contributed by atoms with Crippen LogP contribution < -0.4 is 9.62 Å². The van der Waals surface area contributed by atoms with E-state index in [2.05, 4.69) is 43.2 Å². The highest BCUT2D eigenvalue weighted by molar-refractivity contribution is 7.90. The molecule has 1 saturated heterocycles. The summed E-state index contributed by atoms with van der Waals surface area (Å²) in [6.45, 7) is 5.44. The van der Waals surface area contributed by atoms with Gasteiger partial charge in [0.2, 0.25) is 10.0 Å². The maximum Gasteiger partial charge on any atom is 0.242 e. The number of rotatable bonds is 8. The lowest BCUT2D eigenvalue weighted by Crippen LogP contribution is -2.46. The molecule has 0 radical (unpaired) electrons. The molecule has 1 fully saturated rings. The summed E-state index contributed by atoms with van der Waals surface area (Å²) < 4.78 is 35.1. The molecule has 1 N–H and O–H groups in total. The van der Waals surface area contributed by atoms with E-state index in [0.717, 1.165) is 61.5 Å². The van der Waals surface area contributed by atoms with Crippen molar-refractivity contribution in [1.29, 1.82) is 0 Å². The molecule has 3 heterocycles. The summed E-state index contributed by atoms with van der Waals surface area (Å²) in [6, 6.07) is 16.1.